The van der Waals surface area contributed by atoms with Crippen molar-refractivity contribution in [1.29, 1.82) is 0 Å². The van der Waals surface area contributed by atoms with Crippen molar-refractivity contribution in [2.45, 2.75) is 6.10 Å². The molecule has 4 aromatic rings. The maximum atomic E-state index is 13.3. The lowest BCUT2D eigenvalue weighted by Crippen LogP contribution is -2.20. The highest BCUT2D eigenvalue weighted by atomic mass is 35.5. The van der Waals surface area contributed by atoms with Crippen LogP contribution in [0, 0.1) is 20.2 Å². The second-order valence-corrected chi connectivity index (χ2v) is 8.25. The first-order valence-electron chi connectivity index (χ1n) is 11.0. The van der Waals surface area contributed by atoms with E-state index in [1.807, 2.05) is 0 Å². The van der Waals surface area contributed by atoms with Crippen molar-refractivity contribution in [1.82, 2.24) is 0 Å². The van der Waals surface area contributed by atoms with Crippen LogP contribution in [0.3, 0.4) is 0 Å². The van der Waals surface area contributed by atoms with Gasteiger partial charge in [0.05, 0.1) is 20.4 Å². The van der Waals surface area contributed by atoms with Gasteiger partial charge in [0.25, 0.3) is 5.69 Å². The minimum absolute atomic E-state index is 0.00104. The summed E-state index contributed by atoms with van der Waals surface area (Å²) >= 11 is 6.09. The lowest BCUT2D eigenvalue weighted by atomic mass is 9.99. The Kier molecular flexibility index (Phi) is 7.74. The van der Waals surface area contributed by atoms with Gasteiger partial charge in [0.15, 0.2) is 6.10 Å². The third-order valence-electron chi connectivity index (χ3n) is 5.36. The van der Waals surface area contributed by atoms with Gasteiger partial charge in [-0.05, 0) is 36.4 Å². The molecule has 0 unspecified atom stereocenters. The van der Waals surface area contributed by atoms with E-state index in [9.17, 15) is 29.8 Å². The lowest BCUT2D eigenvalue weighted by molar-refractivity contribution is -0.385. The Hall–Kier alpha value is -5.09. The minimum atomic E-state index is -1.40. The standard InChI is InChI=1S/C27H17ClN2O8/c28-22-10-5-11-23(30(35)36)26(22)37-21-9-4-8-19(16-21)27(32)38-25(24(31)17-6-2-1-3-7-17)18-12-14-20(15-13-18)29(33)34/h1-16,25H/t25-/m1/s1. The Balaban J connectivity index is 1.63. The molecule has 190 valence electrons. The molecule has 4 aromatic carbocycles. The first-order valence-corrected chi connectivity index (χ1v) is 11.4. The zero-order valence-corrected chi connectivity index (χ0v) is 20.1. The monoisotopic (exact) mass is 532 g/mol. The molecule has 11 heteroatoms. The van der Waals surface area contributed by atoms with Crippen LogP contribution in [0.25, 0.3) is 0 Å². The predicted octanol–water partition coefficient (Wildman–Crippen LogP) is 6.73. The fraction of sp³-hybridized carbons (Fsp3) is 0.0370. The number of nitro benzene ring substituents is 2. The molecule has 38 heavy (non-hydrogen) atoms. The number of carbonyl (C=O) groups excluding carboxylic acids is 2. The highest BCUT2D eigenvalue weighted by molar-refractivity contribution is 6.32. The number of halogens is 1. The van der Waals surface area contributed by atoms with Gasteiger partial charge in [-0.2, -0.15) is 0 Å². The number of non-ortho nitro benzene ring substituents is 1. The van der Waals surface area contributed by atoms with E-state index in [0.29, 0.717) is 0 Å². The SMILES string of the molecule is O=C(O[C@@H](C(=O)c1ccccc1)c1ccc([N+](=O)[O-])cc1)c1cccc(Oc2c(Cl)cccc2[N+](=O)[O-])c1. The molecule has 0 fully saturated rings. The first kappa shape index (κ1) is 26.0. The number of nitrogens with zero attached hydrogens (tertiary/aromatic N) is 2. The van der Waals surface area contributed by atoms with Crippen LogP contribution in [0.2, 0.25) is 5.02 Å². The second-order valence-electron chi connectivity index (χ2n) is 7.84. The largest absolute Gasteiger partial charge is 0.449 e. The Labute approximate surface area is 220 Å². The molecule has 0 radical (unpaired) electrons. The van der Waals surface area contributed by atoms with Crippen molar-refractivity contribution in [2.24, 2.45) is 0 Å². The summed E-state index contributed by atoms with van der Waals surface area (Å²) in [6.07, 6.45) is -1.40. The van der Waals surface area contributed by atoms with Gasteiger partial charge in [-0.15, -0.1) is 0 Å². The summed E-state index contributed by atoms with van der Waals surface area (Å²) in [5.41, 5.74) is -0.0599. The Morgan fingerprint density at radius 2 is 1.42 bits per heavy atom. The molecule has 0 amide bonds. The molecular weight excluding hydrogens is 516 g/mol. The maximum Gasteiger partial charge on any atom is 0.339 e. The third kappa shape index (κ3) is 5.82. The maximum absolute atomic E-state index is 13.3. The van der Waals surface area contributed by atoms with Crippen molar-refractivity contribution >= 4 is 34.7 Å². The number of carbonyl (C=O) groups is 2. The topological polar surface area (TPSA) is 139 Å². The van der Waals surface area contributed by atoms with Crippen molar-refractivity contribution in [2.75, 3.05) is 0 Å². The van der Waals surface area contributed by atoms with E-state index in [0.717, 1.165) is 0 Å². The van der Waals surface area contributed by atoms with Gasteiger partial charge >= 0.3 is 11.7 Å². The lowest BCUT2D eigenvalue weighted by Gasteiger charge is -2.18. The summed E-state index contributed by atoms with van der Waals surface area (Å²) in [6, 6.07) is 22.9. The number of rotatable bonds is 9. The van der Waals surface area contributed by atoms with E-state index in [2.05, 4.69) is 0 Å². The average molecular weight is 533 g/mol. The molecule has 10 nitrogen and oxygen atoms in total. The van der Waals surface area contributed by atoms with E-state index < -0.39 is 27.7 Å². The summed E-state index contributed by atoms with van der Waals surface area (Å²) < 4.78 is 11.2. The van der Waals surface area contributed by atoms with Crippen LogP contribution in [-0.4, -0.2) is 21.6 Å². The van der Waals surface area contributed by atoms with Crippen LogP contribution >= 0.6 is 11.6 Å². The fourth-order valence-corrected chi connectivity index (χ4v) is 3.73. The van der Waals surface area contributed by atoms with Gasteiger partial charge in [0, 0.05) is 29.3 Å². The van der Waals surface area contributed by atoms with E-state index >= 15 is 0 Å². The highest BCUT2D eigenvalue weighted by Crippen LogP contribution is 2.38. The number of hydrogen-bond donors (Lipinski definition) is 0. The molecule has 4 rings (SSSR count). The van der Waals surface area contributed by atoms with Gasteiger partial charge in [0.1, 0.15) is 5.75 Å². The number of esters is 1. The molecule has 0 heterocycles. The number of ketones is 1. The number of para-hydroxylation sites is 1. The van der Waals surface area contributed by atoms with Crippen LogP contribution in [-0.2, 0) is 4.74 Å². The first-order chi connectivity index (χ1) is 18.2. The molecule has 0 aromatic heterocycles. The molecule has 0 saturated carbocycles. The number of ether oxygens (including phenoxy) is 2. The van der Waals surface area contributed by atoms with E-state index in [1.54, 1.807) is 30.3 Å². The van der Waals surface area contributed by atoms with Crippen molar-refractivity contribution in [3.8, 4) is 11.5 Å². The van der Waals surface area contributed by atoms with Gasteiger partial charge in [-0.3, -0.25) is 25.0 Å². The number of Topliss-reactive ketones (excluding diaryl/α,β-unsaturated/α-hetero) is 1. The molecule has 0 aliphatic rings. The van der Waals surface area contributed by atoms with Gasteiger partial charge in [-0.25, -0.2) is 4.79 Å². The summed E-state index contributed by atoms with van der Waals surface area (Å²) in [5.74, 6) is -1.56. The quantitative estimate of drug-likeness (QED) is 0.1000. The molecule has 0 spiro atoms. The summed E-state index contributed by atoms with van der Waals surface area (Å²) in [7, 11) is 0. The third-order valence-corrected chi connectivity index (χ3v) is 5.66. The van der Waals surface area contributed by atoms with Gasteiger partial charge < -0.3 is 9.47 Å². The molecular formula is C27H17ClN2O8. The molecule has 1 atom stereocenters. The van der Waals surface area contributed by atoms with E-state index in [-0.39, 0.29) is 44.6 Å². The number of hydrogen-bond acceptors (Lipinski definition) is 8. The van der Waals surface area contributed by atoms with E-state index in [4.69, 9.17) is 21.1 Å². The summed E-state index contributed by atoms with van der Waals surface area (Å²) in [5, 5.41) is 22.4. The zero-order chi connectivity index (χ0) is 27.2. The number of nitro groups is 2. The Bertz CT molecular complexity index is 1520. The van der Waals surface area contributed by atoms with Gasteiger partial charge in [-0.1, -0.05) is 54.1 Å². The van der Waals surface area contributed by atoms with Crippen LogP contribution in [0.5, 0.6) is 11.5 Å². The average Bonchev–Trinajstić information content (AvgIpc) is 2.93. The fourth-order valence-electron chi connectivity index (χ4n) is 3.52. The van der Waals surface area contributed by atoms with Crippen LogP contribution in [0.1, 0.15) is 32.4 Å². The van der Waals surface area contributed by atoms with Crippen molar-refractivity contribution in [3.05, 3.63) is 139 Å². The molecule has 0 aliphatic carbocycles. The van der Waals surface area contributed by atoms with Crippen LogP contribution < -0.4 is 4.74 Å². The second kappa shape index (κ2) is 11.3. The van der Waals surface area contributed by atoms with Crippen LogP contribution in [0.15, 0.2) is 97.1 Å². The zero-order valence-electron chi connectivity index (χ0n) is 19.4. The smallest absolute Gasteiger partial charge is 0.339 e. The number of benzene rings is 4. The molecule has 0 aliphatic heterocycles. The Morgan fingerprint density at radius 1 is 0.763 bits per heavy atom. The minimum Gasteiger partial charge on any atom is -0.449 e. The molecule has 0 bridgehead atoms. The van der Waals surface area contributed by atoms with Crippen LogP contribution in [0.4, 0.5) is 11.4 Å². The predicted molar refractivity (Wildman–Crippen MR) is 137 cm³/mol. The Morgan fingerprint density at radius 3 is 2.08 bits per heavy atom. The highest BCUT2D eigenvalue weighted by Gasteiger charge is 2.28. The normalized spacial score (nSPS) is 11.3. The van der Waals surface area contributed by atoms with E-state index in [1.165, 1.54) is 66.7 Å². The molecule has 0 saturated heterocycles. The molecule has 0 N–H and O–H groups in total. The summed E-state index contributed by atoms with van der Waals surface area (Å²) in [4.78, 5) is 47.5. The van der Waals surface area contributed by atoms with Crippen molar-refractivity contribution < 1.29 is 28.9 Å². The van der Waals surface area contributed by atoms with Gasteiger partial charge in [0.2, 0.25) is 11.5 Å². The summed E-state index contributed by atoms with van der Waals surface area (Å²) in [6.45, 7) is 0. The van der Waals surface area contributed by atoms with Crippen molar-refractivity contribution in [3.63, 3.8) is 0 Å².